The summed E-state index contributed by atoms with van der Waals surface area (Å²) in [5, 5.41) is 7.39. The number of carbonyl (C=O) groups is 1. The molecule has 0 saturated carbocycles. The molecule has 8 nitrogen and oxygen atoms in total. The number of rotatable bonds is 4. The summed E-state index contributed by atoms with van der Waals surface area (Å²) >= 11 is 6.18. The molecule has 1 aromatic heterocycles. The molecule has 3 aromatic rings. The summed E-state index contributed by atoms with van der Waals surface area (Å²) in [7, 11) is -3.33. The Morgan fingerprint density at radius 3 is 2.66 bits per heavy atom. The Morgan fingerprint density at radius 2 is 1.94 bits per heavy atom. The fourth-order valence-corrected chi connectivity index (χ4v) is 4.47. The van der Waals surface area contributed by atoms with E-state index in [0.29, 0.717) is 53.9 Å². The van der Waals surface area contributed by atoms with Crippen LogP contribution in [0.3, 0.4) is 0 Å². The number of hydrogen-bond acceptors (Lipinski definition) is 6. The van der Waals surface area contributed by atoms with E-state index >= 15 is 0 Å². The van der Waals surface area contributed by atoms with Gasteiger partial charge in [-0.05, 0) is 49.6 Å². The third-order valence-electron chi connectivity index (χ3n) is 5.46. The predicted octanol–water partition coefficient (Wildman–Crippen LogP) is 4.51. The molecule has 2 aromatic carbocycles. The Bertz CT molecular complexity index is 1250. The normalized spacial score (nSPS) is 15.0. The lowest BCUT2D eigenvalue weighted by molar-refractivity contribution is 0.187. The molecule has 0 spiro atoms. The minimum atomic E-state index is -3.33. The van der Waals surface area contributed by atoms with Crippen molar-refractivity contribution in [2.75, 3.05) is 24.7 Å². The Balaban J connectivity index is 1.39. The van der Waals surface area contributed by atoms with E-state index in [0.717, 1.165) is 11.8 Å². The van der Waals surface area contributed by atoms with Crippen molar-refractivity contribution in [2.24, 2.45) is 0 Å². The summed E-state index contributed by atoms with van der Waals surface area (Å²) in [5.74, 6) is 0.868. The lowest BCUT2D eigenvalue weighted by Crippen LogP contribution is -2.40. The largest absolute Gasteiger partial charge is 0.339 e. The van der Waals surface area contributed by atoms with Crippen LogP contribution in [0, 0.1) is 6.92 Å². The molecule has 1 saturated heterocycles. The van der Waals surface area contributed by atoms with Crippen molar-refractivity contribution >= 4 is 33.2 Å². The van der Waals surface area contributed by atoms with Gasteiger partial charge in [-0.2, -0.15) is 4.98 Å². The maximum Gasteiger partial charge on any atom is 0.321 e. The summed E-state index contributed by atoms with van der Waals surface area (Å²) in [5.41, 5.74) is 2.18. The van der Waals surface area contributed by atoms with E-state index < -0.39 is 9.84 Å². The van der Waals surface area contributed by atoms with E-state index in [1.807, 2.05) is 19.1 Å². The van der Waals surface area contributed by atoms with Gasteiger partial charge < -0.3 is 14.7 Å². The zero-order valence-corrected chi connectivity index (χ0v) is 19.3. The van der Waals surface area contributed by atoms with E-state index in [4.69, 9.17) is 16.1 Å². The first kappa shape index (κ1) is 22.3. The first-order valence-corrected chi connectivity index (χ1v) is 12.4. The minimum Gasteiger partial charge on any atom is -0.339 e. The molecule has 1 aliphatic heterocycles. The first-order chi connectivity index (χ1) is 15.2. The van der Waals surface area contributed by atoms with Gasteiger partial charge in [-0.25, -0.2) is 13.2 Å². The van der Waals surface area contributed by atoms with Gasteiger partial charge in [0.25, 0.3) is 0 Å². The smallest absolute Gasteiger partial charge is 0.321 e. The molecular weight excluding hydrogens is 452 g/mol. The number of piperidine rings is 1. The molecule has 2 amide bonds. The van der Waals surface area contributed by atoms with Crippen molar-refractivity contribution in [3.05, 3.63) is 58.9 Å². The molecule has 1 aliphatic rings. The van der Waals surface area contributed by atoms with Gasteiger partial charge in [0.15, 0.2) is 9.84 Å². The van der Waals surface area contributed by atoms with Crippen LogP contribution in [0.4, 0.5) is 10.5 Å². The fourth-order valence-electron chi connectivity index (χ4n) is 3.64. The highest BCUT2D eigenvalue weighted by Crippen LogP contribution is 2.30. The number of amides is 2. The zero-order chi connectivity index (χ0) is 22.9. The average Bonchev–Trinajstić information content (AvgIpc) is 3.26. The van der Waals surface area contributed by atoms with Gasteiger partial charge >= 0.3 is 6.03 Å². The number of carbonyl (C=O) groups excluding carboxylic acids is 1. The molecule has 10 heteroatoms. The molecule has 0 radical (unpaired) electrons. The fraction of sp³-hybridized carbons (Fsp3) is 0.318. The number of anilines is 1. The van der Waals surface area contributed by atoms with Gasteiger partial charge in [0.05, 0.1) is 15.6 Å². The maximum atomic E-state index is 12.6. The number of urea groups is 1. The number of nitrogens with zero attached hydrogens (tertiary/aromatic N) is 3. The number of sulfone groups is 1. The number of hydrogen-bond donors (Lipinski definition) is 1. The molecular formula is C22H23ClN4O4S. The lowest BCUT2D eigenvalue weighted by atomic mass is 9.97. The molecule has 0 atom stereocenters. The second-order valence-electron chi connectivity index (χ2n) is 7.93. The van der Waals surface area contributed by atoms with Crippen LogP contribution in [0.2, 0.25) is 5.02 Å². The van der Waals surface area contributed by atoms with Gasteiger partial charge in [-0.1, -0.05) is 35.0 Å². The molecule has 1 N–H and O–H groups in total. The number of halogens is 1. The standard InChI is InChI=1S/C22H23ClN4O4S/c1-14-6-7-18(23)19(12-14)24-22(28)27-10-8-15(9-11-27)21-25-20(26-31-21)16-4-3-5-17(13-16)32(2,29)30/h3-7,12-13,15H,8-11H2,1-2H3,(H,24,28). The molecule has 0 aliphatic carbocycles. The Morgan fingerprint density at radius 1 is 1.19 bits per heavy atom. The van der Waals surface area contributed by atoms with Crippen molar-refractivity contribution in [1.29, 1.82) is 0 Å². The van der Waals surface area contributed by atoms with Crippen LogP contribution in [-0.2, 0) is 9.84 Å². The van der Waals surface area contributed by atoms with Crippen molar-refractivity contribution in [3.63, 3.8) is 0 Å². The quantitative estimate of drug-likeness (QED) is 0.596. The summed E-state index contributed by atoms with van der Waals surface area (Å²) in [6, 6.07) is 11.8. The van der Waals surface area contributed by atoms with E-state index in [9.17, 15) is 13.2 Å². The van der Waals surface area contributed by atoms with E-state index in [1.165, 1.54) is 12.1 Å². The SMILES string of the molecule is Cc1ccc(Cl)c(NC(=O)N2CCC(c3nc(-c4cccc(S(C)(=O)=O)c4)no3)CC2)c1. The van der Waals surface area contributed by atoms with E-state index in [2.05, 4.69) is 15.5 Å². The van der Waals surface area contributed by atoms with Crippen LogP contribution in [0.5, 0.6) is 0 Å². The average molecular weight is 475 g/mol. The molecule has 32 heavy (non-hydrogen) atoms. The highest BCUT2D eigenvalue weighted by Gasteiger charge is 2.28. The third-order valence-corrected chi connectivity index (χ3v) is 6.90. The Hall–Kier alpha value is -2.91. The minimum absolute atomic E-state index is 0.0287. The van der Waals surface area contributed by atoms with Crippen molar-refractivity contribution in [1.82, 2.24) is 15.0 Å². The second-order valence-corrected chi connectivity index (χ2v) is 10.4. The van der Waals surface area contributed by atoms with E-state index in [-0.39, 0.29) is 16.8 Å². The first-order valence-electron chi connectivity index (χ1n) is 10.2. The van der Waals surface area contributed by atoms with Crippen molar-refractivity contribution < 1.29 is 17.7 Å². The van der Waals surface area contributed by atoms with Crippen LogP contribution >= 0.6 is 11.6 Å². The van der Waals surface area contributed by atoms with Crippen LogP contribution < -0.4 is 5.32 Å². The lowest BCUT2D eigenvalue weighted by Gasteiger charge is -2.30. The van der Waals surface area contributed by atoms with Crippen molar-refractivity contribution in [3.8, 4) is 11.4 Å². The molecule has 168 valence electrons. The van der Waals surface area contributed by atoms with Crippen LogP contribution in [0.25, 0.3) is 11.4 Å². The molecule has 2 heterocycles. The Labute approximate surface area is 191 Å². The monoisotopic (exact) mass is 474 g/mol. The van der Waals surface area contributed by atoms with Gasteiger partial charge in [0.1, 0.15) is 0 Å². The van der Waals surface area contributed by atoms with Crippen LogP contribution in [0.15, 0.2) is 51.9 Å². The predicted molar refractivity (Wildman–Crippen MR) is 122 cm³/mol. The van der Waals surface area contributed by atoms with E-state index in [1.54, 1.807) is 23.1 Å². The highest BCUT2D eigenvalue weighted by molar-refractivity contribution is 7.90. The topological polar surface area (TPSA) is 105 Å². The maximum absolute atomic E-state index is 12.6. The molecule has 0 bridgehead atoms. The molecule has 0 unspecified atom stereocenters. The third kappa shape index (κ3) is 4.94. The number of likely N-dealkylation sites (tertiary alicyclic amines) is 1. The zero-order valence-electron chi connectivity index (χ0n) is 17.7. The van der Waals surface area contributed by atoms with Crippen LogP contribution in [-0.4, -0.2) is 48.8 Å². The molecule has 1 fully saturated rings. The van der Waals surface area contributed by atoms with Crippen LogP contribution in [0.1, 0.15) is 30.2 Å². The number of aromatic nitrogens is 2. The summed E-state index contributed by atoms with van der Waals surface area (Å²) in [4.78, 5) is 19.1. The molecule has 4 rings (SSSR count). The van der Waals surface area contributed by atoms with Gasteiger partial charge in [0.2, 0.25) is 11.7 Å². The summed E-state index contributed by atoms with van der Waals surface area (Å²) in [6.45, 7) is 3.02. The number of benzene rings is 2. The van der Waals surface area contributed by atoms with Gasteiger partial charge in [-0.15, -0.1) is 0 Å². The summed E-state index contributed by atoms with van der Waals surface area (Å²) in [6.07, 6.45) is 2.52. The van der Waals surface area contributed by atoms with Crippen molar-refractivity contribution in [2.45, 2.75) is 30.6 Å². The Kier molecular flexibility index (Phi) is 6.21. The number of aryl methyl sites for hydroxylation is 1. The summed E-state index contributed by atoms with van der Waals surface area (Å²) < 4.78 is 29.1. The van der Waals surface area contributed by atoms with Gasteiger partial charge in [0, 0.05) is 30.8 Å². The van der Waals surface area contributed by atoms with Gasteiger partial charge in [-0.3, -0.25) is 0 Å². The highest BCUT2D eigenvalue weighted by atomic mass is 35.5. The second kappa shape index (κ2) is 8.91. The number of nitrogens with one attached hydrogen (secondary N) is 1.